The minimum atomic E-state index is -0.225. The first-order chi connectivity index (χ1) is 17.1. The Labute approximate surface area is 206 Å². The zero-order valence-corrected chi connectivity index (χ0v) is 20.2. The minimum Gasteiger partial charge on any atom is -0.497 e. The lowest BCUT2D eigenvalue weighted by molar-refractivity contribution is -0.141. The molecule has 6 rings (SSSR count). The molecule has 0 aromatic heterocycles. The average Bonchev–Trinajstić information content (AvgIpc) is 3.21. The van der Waals surface area contributed by atoms with Crippen molar-refractivity contribution in [3.63, 3.8) is 0 Å². The number of hydrogen-bond acceptors (Lipinski definition) is 4. The minimum absolute atomic E-state index is 0.168. The van der Waals surface area contributed by atoms with E-state index in [9.17, 15) is 4.79 Å². The van der Waals surface area contributed by atoms with E-state index < -0.39 is 0 Å². The molecule has 4 heteroatoms. The summed E-state index contributed by atoms with van der Waals surface area (Å²) in [4.78, 5) is 11.0. The number of benzene rings is 4. The Hall–Kier alpha value is -4.05. The van der Waals surface area contributed by atoms with Gasteiger partial charge in [0.2, 0.25) is 0 Å². The summed E-state index contributed by atoms with van der Waals surface area (Å²) < 4.78 is 16.4. The number of esters is 1. The van der Waals surface area contributed by atoms with Gasteiger partial charge in [0.1, 0.15) is 23.9 Å². The van der Waals surface area contributed by atoms with Crippen LogP contribution in [0.25, 0.3) is 11.1 Å². The first-order valence-corrected chi connectivity index (χ1v) is 11.8. The summed E-state index contributed by atoms with van der Waals surface area (Å²) in [5, 5.41) is 0. The predicted octanol–water partition coefficient (Wildman–Crippen LogP) is 7.31. The van der Waals surface area contributed by atoms with Gasteiger partial charge in [0.05, 0.1) is 7.11 Å². The first kappa shape index (κ1) is 22.7. The third-order valence-electron chi connectivity index (χ3n) is 6.70. The van der Waals surface area contributed by atoms with Crippen LogP contribution < -0.4 is 9.47 Å². The molecule has 35 heavy (non-hydrogen) atoms. The summed E-state index contributed by atoms with van der Waals surface area (Å²) >= 11 is 0. The van der Waals surface area contributed by atoms with Gasteiger partial charge in [0.25, 0.3) is 0 Å². The standard InChI is InChI=1S/C16H14O2.C15H14O2/c1-11(17)18-10-16-14-8-4-2-6-12(14)13-7-3-5-9-15(13)16;1-10-12-5-3-4-6-14(12)17-15-8-7-11(16-2)9-13(10)15/h2-9,16H,10H2,1H3;3-10H,1-2H3. The van der Waals surface area contributed by atoms with Crippen LogP contribution in [0.1, 0.15) is 47.9 Å². The van der Waals surface area contributed by atoms with Crippen molar-refractivity contribution in [3.05, 3.63) is 113 Å². The van der Waals surface area contributed by atoms with Crippen LogP contribution >= 0.6 is 0 Å². The summed E-state index contributed by atoms with van der Waals surface area (Å²) in [6.07, 6.45) is 0. The van der Waals surface area contributed by atoms with Gasteiger partial charge in [-0.1, -0.05) is 73.7 Å². The predicted molar refractivity (Wildman–Crippen MR) is 137 cm³/mol. The number of hydrogen-bond donors (Lipinski definition) is 0. The number of carbonyl (C=O) groups excluding carboxylic acids is 1. The molecule has 4 aromatic rings. The van der Waals surface area contributed by atoms with E-state index in [1.807, 2.05) is 54.6 Å². The Balaban J connectivity index is 0.000000145. The second kappa shape index (κ2) is 9.67. The van der Waals surface area contributed by atoms with Crippen LogP contribution in [0.2, 0.25) is 0 Å². The summed E-state index contributed by atoms with van der Waals surface area (Å²) in [6.45, 7) is 4.07. The van der Waals surface area contributed by atoms with Gasteiger partial charge in [-0.05, 0) is 46.5 Å². The summed E-state index contributed by atoms with van der Waals surface area (Å²) in [5.41, 5.74) is 7.42. The molecule has 0 saturated heterocycles. The van der Waals surface area contributed by atoms with Crippen molar-refractivity contribution >= 4 is 5.97 Å². The van der Waals surface area contributed by atoms with Crippen molar-refractivity contribution in [1.29, 1.82) is 0 Å². The number of para-hydroxylation sites is 1. The molecule has 176 valence electrons. The molecule has 1 heterocycles. The van der Waals surface area contributed by atoms with E-state index in [4.69, 9.17) is 14.2 Å². The average molecular weight is 465 g/mol. The van der Waals surface area contributed by atoms with Crippen LogP contribution in [0.4, 0.5) is 0 Å². The van der Waals surface area contributed by atoms with Gasteiger partial charge in [-0.25, -0.2) is 0 Å². The van der Waals surface area contributed by atoms with E-state index in [2.05, 4.69) is 43.3 Å². The highest BCUT2D eigenvalue weighted by Gasteiger charge is 2.28. The van der Waals surface area contributed by atoms with Gasteiger partial charge in [-0.2, -0.15) is 0 Å². The summed E-state index contributed by atoms with van der Waals surface area (Å²) in [6, 6.07) is 30.8. The van der Waals surface area contributed by atoms with Crippen LogP contribution in [0.15, 0.2) is 91.0 Å². The van der Waals surface area contributed by atoms with E-state index in [-0.39, 0.29) is 11.9 Å². The highest BCUT2D eigenvalue weighted by Crippen LogP contribution is 2.45. The molecule has 0 spiro atoms. The lowest BCUT2D eigenvalue weighted by Gasteiger charge is -2.25. The Morgan fingerprint density at radius 1 is 0.771 bits per heavy atom. The van der Waals surface area contributed by atoms with Crippen molar-refractivity contribution in [2.45, 2.75) is 25.7 Å². The fourth-order valence-corrected chi connectivity index (χ4v) is 4.94. The van der Waals surface area contributed by atoms with Crippen molar-refractivity contribution in [1.82, 2.24) is 0 Å². The van der Waals surface area contributed by atoms with Crippen LogP contribution in [0.3, 0.4) is 0 Å². The molecule has 1 unspecified atom stereocenters. The molecule has 1 atom stereocenters. The zero-order chi connectivity index (χ0) is 24.4. The number of rotatable bonds is 3. The molecule has 4 nitrogen and oxygen atoms in total. The van der Waals surface area contributed by atoms with Crippen molar-refractivity contribution < 1.29 is 19.0 Å². The number of methoxy groups -OCH3 is 1. The fourth-order valence-electron chi connectivity index (χ4n) is 4.94. The van der Waals surface area contributed by atoms with Gasteiger partial charge >= 0.3 is 5.97 Å². The molecule has 1 aliphatic heterocycles. The maximum Gasteiger partial charge on any atom is 0.302 e. The maximum atomic E-state index is 11.0. The molecule has 0 amide bonds. The fraction of sp³-hybridized carbons (Fsp3) is 0.194. The Morgan fingerprint density at radius 2 is 1.34 bits per heavy atom. The quantitative estimate of drug-likeness (QED) is 0.298. The molecule has 0 fully saturated rings. The molecular weight excluding hydrogens is 436 g/mol. The van der Waals surface area contributed by atoms with Crippen molar-refractivity contribution in [2.75, 3.05) is 13.7 Å². The molecule has 0 N–H and O–H groups in total. The molecule has 0 saturated carbocycles. The van der Waals surface area contributed by atoms with Crippen molar-refractivity contribution in [2.24, 2.45) is 0 Å². The van der Waals surface area contributed by atoms with Crippen LogP contribution in [-0.4, -0.2) is 19.7 Å². The SMILES string of the molecule is CC(=O)OCC1c2ccccc2-c2ccccc21.COc1ccc2c(c1)C(C)c1ccccc1O2. The van der Waals surface area contributed by atoms with Crippen LogP contribution in [0, 0.1) is 0 Å². The number of ether oxygens (including phenoxy) is 3. The van der Waals surface area contributed by atoms with Gasteiger partial charge < -0.3 is 14.2 Å². The van der Waals surface area contributed by atoms with Gasteiger partial charge in [0, 0.05) is 29.9 Å². The van der Waals surface area contributed by atoms with Crippen LogP contribution in [-0.2, 0) is 9.53 Å². The maximum absolute atomic E-state index is 11.0. The highest BCUT2D eigenvalue weighted by molar-refractivity contribution is 5.79. The second-order valence-electron chi connectivity index (χ2n) is 8.80. The van der Waals surface area contributed by atoms with E-state index in [1.165, 1.54) is 40.3 Å². The highest BCUT2D eigenvalue weighted by atomic mass is 16.5. The van der Waals surface area contributed by atoms with Gasteiger partial charge in [-0.15, -0.1) is 0 Å². The number of carbonyl (C=O) groups is 1. The van der Waals surface area contributed by atoms with Gasteiger partial charge in [0.15, 0.2) is 0 Å². The number of fused-ring (bicyclic) bond motifs is 5. The van der Waals surface area contributed by atoms with Gasteiger partial charge in [-0.3, -0.25) is 4.79 Å². The lowest BCUT2D eigenvalue weighted by Crippen LogP contribution is -2.09. The normalized spacial score (nSPS) is 14.8. The van der Waals surface area contributed by atoms with E-state index in [1.54, 1.807) is 7.11 Å². The van der Waals surface area contributed by atoms with E-state index in [0.29, 0.717) is 12.5 Å². The third kappa shape index (κ3) is 4.40. The summed E-state index contributed by atoms with van der Waals surface area (Å²) in [7, 11) is 1.68. The second-order valence-corrected chi connectivity index (χ2v) is 8.80. The Bertz CT molecular complexity index is 1330. The Kier molecular flexibility index (Phi) is 6.28. The smallest absolute Gasteiger partial charge is 0.302 e. The molecule has 4 aromatic carbocycles. The molecule has 0 bridgehead atoms. The zero-order valence-electron chi connectivity index (χ0n) is 20.2. The van der Waals surface area contributed by atoms with Crippen molar-refractivity contribution in [3.8, 4) is 28.4 Å². The first-order valence-electron chi connectivity index (χ1n) is 11.8. The molecule has 0 radical (unpaired) electrons. The monoisotopic (exact) mass is 464 g/mol. The topological polar surface area (TPSA) is 44.8 Å². The third-order valence-corrected chi connectivity index (χ3v) is 6.70. The van der Waals surface area contributed by atoms with E-state index >= 15 is 0 Å². The lowest BCUT2D eigenvalue weighted by atomic mass is 9.89. The van der Waals surface area contributed by atoms with Crippen LogP contribution in [0.5, 0.6) is 17.2 Å². The molecular formula is C31H28O4. The van der Waals surface area contributed by atoms with E-state index in [0.717, 1.165) is 17.2 Å². The summed E-state index contributed by atoms with van der Waals surface area (Å²) in [5.74, 6) is 3.04. The Morgan fingerprint density at radius 3 is 1.97 bits per heavy atom. The largest absolute Gasteiger partial charge is 0.497 e. The molecule has 1 aliphatic carbocycles. The molecule has 2 aliphatic rings.